The van der Waals surface area contributed by atoms with Crippen LogP contribution in [0.15, 0.2) is 23.6 Å². The molecule has 2 fully saturated rings. The normalized spacial score (nSPS) is 24.4. The van der Waals surface area contributed by atoms with Crippen LogP contribution < -0.4 is 5.32 Å². The Bertz CT molecular complexity index is 962. The second-order valence-corrected chi connectivity index (χ2v) is 9.35. The van der Waals surface area contributed by atoms with Gasteiger partial charge in [0.15, 0.2) is 5.78 Å². The van der Waals surface area contributed by atoms with Gasteiger partial charge >= 0.3 is 6.03 Å². The molecule has 1 N–H and O–H groups in total. The van der Waals surface area contributed by atoms with Crippen LogP contribution in [0, 0.1) is 19.8 Å². The fraction of sp³-hybridized carbons (Fsp3) is 0.500. The molecule has 154 valence electrons. The summed E-state index contributed by atoms with van der Waals surface area (Å²) >= 11 is 1.68. The fourth-order valence-corrected chi connectivity index (χ4v) is 5.45. The smallest absolute Gasteiger partial charge is 0.325 e. The lowest BCUT2D eigenvalue weighted by atomic mass is 9.73. The third-order valence-electron chi connectivity index (χ3n) is 6.57. The van der Waals surface area contributed by atoms with E-state index in [0.29, 0.717) is 18.5 Å². The lowest BCUT2D eigenvalue weighted by Crippen LogP contribution is -2.54. The Morgan fingerprint density at radius 1 is 1.31 bits per heavy atom. The first kappa shape index (κ1) is 19.9. The number of aryl methyl sites for hydroxylation is 1. The highest BCUT2D eigenvalue weighted by molar-refractivity contribution is 7.09. The van der Waals surface area contributed by atoms with Crippen LogP contribution in [0.25, 0.3) is 0 Å². The van der Waals surface area contributed by atoms with E-state index in [2.05, 4.69) is 16.0 Å². The third-order valence-corrected chi connectivity index (χ3v) is 7.43. The summed E-state index contributed by atoms with van der Waals surface area (Å²) in [6.45, 7) is 6.42. The van der Waals surface area contributed by atoms with Gasteiger partial charge in [-0.15, -0.1) is 11.3 Å². The fourth-order valence-electron chi connectivity index (χ4n) is 4.75. The van der Waals surface area contributed by atoms with Crippen LogP contribution in [0.5, 0.6) is 0 Å². The minimum absolute atomic E-state index is 0.0867. The van der Waals surface area contributed by atoms with Crippen LogP contribution in [0.1, 0.15) is 59.2 Å². The average molecular weight is 414 g/mol. The molecule has 29 heavy (non-hydrogen) atoms. The van der Waals surface area contributed by atoms with Gasteiger partial charge in [0.1, 0.15) is 5.54 Å². The van der Waals surface area contributed by atoms with Crippen molar-refractivity contribution in [2.45, 2.75) is 58.5 Å². The van der Waals surface area contributed by atoms with Crippen LogP contribution in [0.4, 0.5) is 4.79 Å². The molecule has 0 unspecified atom stereocenters. The molecule has 2 atom stereocenters. The number of aromatic nitrogens is 1. The Morgan fingerprint density at radius 2 is 2.10 bits per heavy atom. The number of carbonyl (C=O) groups excluding carboxylic acids is 3. The van der Waals surface area contributed by atoms with Gasteiger partial charge in [-0.3, -0.25) is 14.5 Å². The van der Waals surface area contributed by atoms with E-state index in [-0.39, 0.29) is 24.2 Å². The highest BCUT2D eigenvalue weighted by atomic mass is 32.1. The predicted octanol–water partition coefficient (Wildman–Crippen LogP) is 3.90. The molecule has 3 amide bonds. The van der Waals surface area contributed by atoms with E-state index < -0.39 is 11.6 Å². The number of rotatable bonds is 5. The maximum absolute atomic E-state index is 13.1. The van der Waals surface area contributed by atoms with Gasteiger partial charge < -0.3 is 9.88 Å². The monoisotopic (exact) mass is 413 g/mol. The lowest BCUT2D eigenvalue weighted by molar-refractivity contribution is -0.133. The first-order valence-corrected chi connectivity index (χ1v) is 11.1. The average Bonchev–Trinajstić information content (AvgIpc) is 3.36. The van der Waals surface area contributed by atoms with Gasteiger partial charge in [0.25, 0.3) is 5.91 Å². The number of ketones is 1. The highest BCUT2D eigenvalue weighted by Gasteiger charge is 2.55. The zero-order valence-electron chi connectivity index (χ0n) is 17.2. The highest BCUT2D eigenvalue weighted by Crippen LogP contribution is 2.38. The molecule has 1 saturated carbocycles. The van der Waals surface area contributed by atoms with E-state index in [1.807, 2.05) is 38.3 Å². The van der Waals surface area contributed by atoms with E-state index in [9.17, 15) is 14.4 Å². The molecule has 1 aliphatic carbocycles. The molecular weight excluding hydrogens is 386 g/mol. The second-order valence-electron chi connectivity index (χ2n) is 8.31. The van der Waals surface area contributed by atoms with Gasteiger partial charge in [0, 0.05) is 21.8 Å². The molecule has 1 saturated heterocycles. The Labute approximate surface area is 174 Å². The number of nitrogens with one attached hydrogen (secondary N) is 1. The zero-order valence-corrected chi connectivity index (χ0v) is 18.0. The van der Waals surface area contributed by atoms with Gasteiger partial charge in [0.2, 0.25) is 0 Å². The third kappa shape index (κ3) is 3.31. The maximum atomic E-state index is 13.1. The first-order chi connectivity index (χ1) is 13.8. The number of Topliss-reactive ketones (excluding diaryl/α,β-unsaturated/α-hetero) is 1. The van der Waals surface area contributed by atoms with Crippen molar-refractivity contribution in [2.75, 3.05) is 6.54 Å². The molecule has 2 aromatic rings. The van der Waals surface area contributed by atoms with Crippen molar-refractivity contribution in [3.05, 3.63) is 45.4 Å². The largest absolute Gasteiger partial charge is 0.343 e. The summed E-state index contributed by atoms with van der Waals surface area (Å²) in [6, 6.07) is 5.51. The van der Waals surface area contributed by atoms with Crippen molar-refractivity contribution in [1.82, 2.24) is 14.8 Å². The molecule has 1 aliphatic heterocycles. The summed E-state index contributed by atoms with van der Waals surface area (Å²) in [6.07, 6.45) is 3.56. The molecule has 2 aromatic heterocycles. The second kappa shape index (κ2) is 7.44. The molecule has 0 aromatic carbocycles. The SMILES string of the molecule is Cc1cc(C(=O)CN2C(=O)N[C@]3(CCCC[C@@H]3C)C2=O)c(C)n1Cc1cccs1. The van der Waals surface area contributed by atoms with Crippen LogP contribution >= 0.6 is 11.3 Å². The van der Waals surface area contributed by atoms with Crippen molar-refractivity contribution in [3.8, 4) is 0 Å². The Morgan fingerprint density at radius 3 is 2.79 bits per heavy atom. The van der Waals surface area contributed by atoms with Gasteiger partial charge in [-0.25, -0.2) is 4.79 Å². The van der Waals surface area contributed by atoms with E-state index in [0.717, 1.165) is 35.6 Å². The number of nitrogens with zero attached hydrogens (tertiary/aromatic N) is 2. The Hall–Kier alpha value is -2.41. The first-order valence-electron chi connectivity index (χ1n) is 10.2. The Balaban J connectivity index is 1.54. The van der Waals surface area contributed by atoms with E-state index >= 15 is 0 Å². The number of hydrogen-bond donors (Lipinski definition) is 1. The minimum atomic E-state index is -0.828. The quantitative estimate of drug-likeness (QED) is 0.597. The number of imide groups is 1. The molecule has 7 heteroatoms. The van der Waals surface area contributed by atoms with Crippen molar-refractivity contribution in [3.63, 3.8) is 0 Å². The number of amides is 3. The summed E-state index contributed by atoms with van der Waals surface area (Å²) in [4.78, 5) is 41.1. The summed E-state index contributed by atoms with van der Waals surface area (Å²) in [7, 11) is 0. The maximum Gasteiger partial charge on any atom is 0.325 e. The standard InChI is InChI=1S/C22H27N3O3S/c1-14-7-4-5-9-22(14)20(27)25(21(28)23-22)13-19(26)18-11-15(2)24(16(18)3)12-17-8-6-10-29-17/h6,8,10-11,14H,4-5,7,9,12-13H2,1-3H3,(H,23,28)/t14-,22-/m0/s1. The molecular formula is C22H27N3O3S. The molecule has 0 bridgehead atoms. The van der Waals surface area contributed by atoms with Gasteiger partial charge in [0.05, 0.1) is 13.1 Å². The molecule has 2 aliphatic rings. The summed E-state index contributed by atoms with van der Waals surface area (Å²) < 4.78 is 2.11. The van der Waals surface area contributed by atoms with Crippen LogP contribution in [0.2, 0.25) is 0 Å². The topological polar surface area (TPSA) is 71.4 Å². The van der Waals surface area contributed by atoms with Crippen LogP contribution in [-0.2, 0) is 11.3 Å². The van der Waals surface area contributed by atoms with Gasteiger partial charge in [-0.2, -0.15) is 0 Å². The van der Waals surface area contributed by atoms with Crippen molar-refractivity contribution >= 4 is 29.1 Å². The Kier molecular flexibility index (Phi) is 5.11. The van der Waals surface area contributed by atoms with Crippen molar-refractivity contribution < 1.29 is 14.4 Å². The van der Waals surface area contributed by atoms with E-state index in [1.165, 1.54) is 4.88 Å². The summed E-state index contributed by atoms with van der Waals surface area (Å²) in [5.41, 5.74) is 1.62. The van der Waals surface area contributed by atoms with Crippen LogP contribution in [-0.4, -0.2) is 39.3 Å². The minimum Gasteiger partial charge on any atom is -0.343 e. The predicted molar refractivity (Wildman–Crippen MR) is 112 cm³/mol. The van der Waals surface area contributed by atoms with Gasteiger partial charge in [-0.1, -0.05) is 25.8 Å². The molecule has 0 radical (unpaired) electrons. The molecule has 1 spiro atoms. The summed E-state index contributed by atoms with van der Waals surface area (Å²) in [5.74, 6) is -0.348. The zero-order chi connectivity index (χ0) is 20.8. The van der Waals surface area contributed by atoms with Crippen LogP contribution in [0.3, 0.4) is 0 Å². The number of thiophene rings is 1. The molecule has 6 nitrogen and oxygen atoms in total. The van der Waals surface area contributed by atoms with E-state index in [4.69, 9.17) is 0 Å². The lowest BCUT2D eigenvalue weighted by Gasteiger charge is -2.36. The molecule has 3 heterocycles. The molecule has 4 rings (SSSR count). The number of urea groups is 1. The summed E-state index contributed by atoms with van der Waals surface area (Å²) in [5, 5.41) is 4.95. The number of hydrogen-bond acceptors (Lipinski definition) is 4. The van der Waals surface area contributed by atoms with Crippen molar-refractivity contribution in [1.29, 1.82) is 0 Å². The van der Waals surface area contributed by atoms with Crippen molar-refractivity contribution in [2.24, 2.45) is 5.92 Å². The van der Waals surface area contributed by atoms with E-state index in [1.54, 1.807) is 11.3 Å². The van der Waals surface area contributed by atoms with Gasteiger partial charge in [-0.05, 0) is 50.1 Å². The number of carbonyl (C=O) groups is 3.